The van der Waals surface area contributed by atoms with Crippen molar-refractivity contribution in [2.24, 2.45) is 5.92 Å². The third-order valence-corrected chi connectivity index (χ3v) is 4.02. The number of nitrogens with one attached hydrogen (secondary N) is 2. The molecule has 0 amide bonds. The summed E-state index contributed by atoms with van der Waals surface area (Å²) in [6, 6.07) is 1.92. The van der Waals surface area contributed by atoms with Gasteiger partial charge in [-0.05, 0) is 51.2 Å². The van der Waals surface area contributed by atoms with Crippen molar-refractivity contribution in [3.8, 4) is 0 Å². The molecule has 2 N–H and O–H groups in total. The Bertz CT molecular complexity index is 477. The van der Waals surface area contributed by atoms with Gasteiger partial charge in [-0.2, -0.15) is 0 Å². The van der Waals surface area contributed by atoms with E-state index in [1.54, 1.807) is 0 Å². The Morgan fingerprint density at radius 2 is 2.10 bits per heavy atom. The molecule has 0 spiro atoms. The lowest BCUT2D eigenvalue weighted by Crippen LogP contribution is -2.21. The van der Waals surface area contributed by atoms with E-state index in [0.29, 0.717) is 10.6 Å². The number of hydrogen-bond acceptors (Lipinski definition) is 4. The molecule has 0 unspecified atom stereocenters. The first-order valence-corrected chi connectivity index (χ1v) is 8.61. The quantitative estimate of drug-likeness (QED) is 0.568. The Labute approximate surface area is 133 Å². The molecule has 1 fully saturated rings. The van der Waals surface area contributed by atoms with Crippen LogP contribution in [0.3, 0.4) is 0 Å². The minimum atomic E-state index is 0.582. The number of H-pyrrole nitrogens is 1. The highest BCUT2D eigenvalue weighted by molar-refractivity contribution is 7.71. The Morgan fingerprint density at radius 1 is 1.33 bits per heavy atom. The Balaban J connectivity index is 1.71. The summed E-state index contributed by atoms with van der Waals surface area (Å²) in [6.07, 6.45) is 6.15. The molecule has 1 aromatic rings. The topological polar surface area (TPSA) is 44.0 Å². The normalized spacial score (nSPS) is 15.8. The Hall–Kier alpha value is -0.940. The lowest BCUT2D eigenvalue weighted by atomic mass is 10.1. The first-order chi connectivity index (χ1) is 10.1. The average molecular weight is 308 g/mol. The molecule has 0 atom stereocenters. The van der Waals surface area contributed by atoms with E-state index in [1.165, 1.54) is 45.3 Å². The second kappa shape index (κ2) is 8.49. The molecule has 0 radical (unpaired) electrons. The van der Waals surface area contributed by atoms with Crippen LogP contribution in [-0.4, -0.2) is 41.0 Å². The molecule has 1 aromatic heterocycles. The zero-order chi connectivity index (χ0) is 15.1. The third-order valence-electron chi connectivity index (χ3n) is 3.81. The van der Waals surface area contributed by atoms with E-state index in [4.69, 9.17) is 12.2 Å². The summed E-state index contributed by atoms with van der Waals surface area (Å²) in [5.74, 6) is 2.57. The molecular formula is C16H28N4S. The molecule has 5 heteroatoms. The number of rotatable bonds is 8. The van der Waals surface area contributed by atoms with E-state index in [9.17, 15) is 0 Å². The average Bonchev–Trinajstić information content (AvgIpc) is 2.90. The molecule has 1 aliphatic heterocycles. The minimum Gasteiger partial charge on any atom is -0.372 e. The van der Waals surface area contributed by atoms with Gasteiger partial charge in [0, 0.05) is 19.0 Å². The van der Waals surface area contributed by atoms with E-state index in [0.717, 1.165) is 24.6 Å². The van der Waals surface area contributed by atoms with Gasteiger partial charge in [-0.25, -0.2) is 4.98 Å². The number of unbranched alkanes of at least 4 members (excludes halogenated alkanes) is 1. The van der Waals surface area contributed by atoms with Crippen molar-refractivity contribution < 1.29 is 0 Å². The smallest absolute Gasteiger partial charge is 0.131 e. The minimum absolute atomic E-state index is 0.582. The van der Waals surface area contributed by atoms with E-state index in [1.807, 2.05) is 6.07 Å². The zero-order valence-electron chi connectivity index (χ0n) is 13.3. The van der Waals surface area contributed by atoms with Crippen molar-refractivity contribution in [1.29, 1.82) is 0 Å². The fraction of sp³-hybridized carbons (Fsp3) is 0.750. The van der Waals surface area contributed by atoms with Gasteiger partial charge in [-0.3, -0.25) is 0 Å². The van der Waals surface area contributed by atoms with Gasteiger partial charge in [-0.1, -0.05) is 26.1 Å². The zero-order valence-corrected chi connectivity index (χ0v) is 14.1. The van der Waals surface area contributed by atoms with Gasteiger partial charge in [-0.15, -0.1) is 0 Å². The summed E-state index contributed by atoms with van der Waals surface area (Å²) < 4.78 is 0.670. The molecule has 1 saturated heterocycles. The summed E-state index contributed by atoms with van der Waals surface area (Å²) in [4.78, 5) is 10.3. The highest BCUT2D eigenvalue weighted by atomic mass is 32.1. The van der Waals surface area contributed by atoms with Crippen LogP contribution in [0.25, 0.3) is 0 Å². The van der Waals surface area contributed by atoms with Crippen LogP contribution in [0.4, 0.5) is 5.82 Å². The lowest BCUT2D eigenvalue weighted by Gasteiger charge is -2.14. The SMILES string of the molecule is CC(C)Cc1nc(=S)cc(NCCCCN2CCCC2)[nH]1. The first kappa shape index (κ1) is 16.4. The maximum absolute atomic E-state index is 5.24. The highest BCUT2D eigenvalue weighted by Gasteiger charge is 2.10. The van der Waals surface area contributed by atoms with E-state index in [2.05, 4.69) is 34.0 Å². The van der Waals surface area contributed by atoms with Gasteiger partial charge >= 0.3 is 0 Å². The molecule has 1 aliphatic rings. The molecule has 2 rings (SSSR count). The molecule has 0 aliphatic carbocycles. The summed E-state index contributed by atoms with van der Waals surface area (Å²) in [6.45, 7) is 9.21. The second-order valence-electron chi connectivity index (χ2n) is 6.36. The predicted molar refractivity (Wildman–Crippen MR) is 91.4 cm³/mol. The molecule has 21 heavy (non-hydrogen) atoms. The summed E-state index contributed by atoms with van der Waals surface area (Å²) >= 11 is 5.24. The first-order valence-electron chi connectivity index (χ1n) is 8.20. The van der Waals surface area contributed by atoms with E-state index < -0.39 is 0 Å². The van der Waals surface area contributed by atoms with Crippen molar-refractivity contribution in [3.05, 3.63) is 16.5 Å². The third kappa shape index (κ3) is 6.14. The van der Waals surface area contributed by atoms with Crippen LogP contribution in [-0.2, 0) is 6.42 Å². The number of nitrogens with zero attached hydrogens (tertiary/aromatic N) is 2. The Kier molecular flexibility index (Phi) is 6.64. The van der Waals surface area contributed by atoms with Gasteiger partial charge in [0.2, 0.25) is 0 Å². The maximum Gasteiger partial charge on any atom is 0.131 e. The second-order valence-corrected chi connectivity index (χ2v) is 6.78. The number of anilines is 1. The summed E-state index contributed by atoms with van der Waals surface area (Å²) in [5.41, 5.74) is 0. The van der Waals surface area contributed by atoms with Crippen LogP contribution in [0.15, 0.2) is 6.07 Å². The molecule has 4 nitrogen and oxygen atoms in total. The maximum atomic E-state index is 5.24. The summed E-state index contributed by atoms with van der Waals surface area (Å²) in [5, 5.41) is 3.44. The number of aromatic amines is 1. The molecular weight excluding hydrogens is 280 g/mol. The van der Waals surface area contributed by atoms with Crippen molar-refractivity contribution in [2.75, 3.05) is 31.5 Å². The van der Waals surface area contributed by atoms with Crippen LogP contribution in [0.5, 0.6) is 0 Å². The predicted octanol–water partition coefficient (Wildman–Crippen LogP) is 3.63. The lowest BCUT2D eigenvalue weighted by molar-refractivity contribution is 0.331. The van der Waals surface area contributed by atoms with Gasteiger partial charge in [0.15, 0.2) is 0 Å². The van der Waals surface area contributed by atoms with Crippen LogP contribution >= 0.6 is 12.2 Å². The van der Waals surface area contributed by atoms with Gasteiger partial charge in [0.05, 0.1) is 0 Å². The highest BCUT2D eigenvalue weighted by Crippen LogP contribution is 2.10. The number of aromatic nitrogens is 2. The van der Waals surface area contributed by atoms with Crippen molar-refractivity contribution in [3.63, 3.8) is 0 Å². The molecule has 0 saturated carbocycles. The van der Waals surface area contributed by atoms with E-state index >= 15 is 0 Å². The van der Waals surface area contributed by atoms with Gasteiger partial charge < -0.3 is 15.2 Å². The van der Waals surface area contributed by atoms with Crippen molar-refractivity contribution in [2.45, 2.75) is 46.0 Å². The van der Waals surface area contributed by atoms with Crippen molar-refractivity contribution >= 4 is 18.0 Å². The van der Waals surface area contributed by atoms with Gasteiger partial charge in [0.1, 0.15) is 16.3 Å². The molecule has 0 aromatic carbocycles. The summed E-state index contributed by atoms with van der Waals surface area (Å²) in [7, 11) is 0. The van der Waals surface area contributed by atoms with Crippen LogP contribution in [0.1, 0.15) is 45.4 Å². The van der Waals surface area contributed by atoms with E-state index in [-0.39, 0.29) is 0 Å². The van der Waals surface area contributed by atoms with Gasteiger partial charge in [0.25, 0.3) is 0 Å². The van der Waals surface area contributed by atoms with Crippen LogP contribution in [0, 0.1) is 10.6 Å². The van der Waals surface area contributed by atoms with Crippen LogP contribution in [0.2, 0.25) is 0 Å². The standard InChI is InChI=1S/C16H28N4S/c1-13(2)11-15-18-14(12-16(21)19-15)17-7-3-4-8-20-9-5-6-10-20/h12-13H,3-11H2,1-2H3,(H2,17,18,19,21). The Morgan fingerprint density at radius 3 is 2.81 bits per heavy atom. The fourth-order valence-corrected chi connectivity index (χ4v) is 3.00. The number of likely N-dealkylation sites (tertiary alicyclic amines) is 1. The molecule has 0 bridgehead atoms. The molecule has 118 valence electrons. The monoisotopic (exact) mass is 308 g/mol. The van der Waals surface area contributed by atoms with Crippen molar-refractivity contribution in [1.82, 2.24) is 14.9 Å². The van der Waals surface area contributed by atoms with Crippen LogP contribution < -0.4 is 5.32 Å². The molecule has 2 heterocycles. The fourth-order valence-electron chi connectivity index (χ4n) is 2.78. The number of hydrogen-bond donors (Lipinski definition) is 2. The largest absolute Gasteiger partial charge is 0.372 e.